The minimum Gasteiger partial charge on any atom is -0.497 e. The zero-order chi connectivity index (χ0) is 9.84. The highest BCUT2D eigenvalue weighted by Gasteiger charge is 2.04. The first-order valence-electron chi connectivity index (χ1n) is 3.90. The summed E-state index contributed by atoms with van der Waals surface area (Å²) in [5.41, 5.74) is 7.22. The molecule has 0 saturated carbocycles. The van der Waals surface area contributed by atoms with Gasteiger partial charge in [0.2, 0.25) is 0 Å². The lowest BCUT2D eigenvalue weighted by Crippen LogP contribution is -2.16. The van der Waals surface area contributed by atoms with Gasteiger partial charge in [-0.15, -0.1) is 0 Å². The van der Waals surface area contributed by atoms with E-state index in [4.69, 9.17) is 15.3 Å². The fraction of sp³-hybridized carbons (Fsp3) is 0.333. The predicted octanol–water partition coefficient (Wildman–Crippen LogP) is 1.27. The molecule has 72 valence electrons. The summed E-state index contributed by atoms with van der Waals surface area (Å²) in [6.07, 6.45) is 0. The van der Waals surface area contributed by atoms with E-state index in [2.05, 4.69) is 0 Å². The SMILES string of the molecule is COc1ccc(N(C)OC)c(N)c1. The summed E-state index contributed by atoms with van der Waals surface area (Å²) < 4.78 is 5.02. The lowest BCUT2D eigenvalue weighted by Gasteiger charge is -2.18. The van der Waals surface area contributed by atoms with Crippen molar-refractivity contribution >= 4 is 11.4 Å². The lowest BCUT2D eigenvalue weighted by molar-refractivity contribution is 0.185. The van der Waals surface area contributed by atoms with Crippen molar-refractivity contribution in [3.8, 4) is 5.75 Å². The Bertz CT molecular complexity index is 289. The molecule has 0 saturated heterocycles. The molecule has 0 bridgehead atoms. The minimum atomic E-state index is 0.628. The van der Waals surface area contributed by atoms with Gasteiger partial charge in [-0.2, -0.15) is 0 Å². The molecule has 0 radical (unpaired) electrons. The highest BCUT2D eigenvalue weighted by atomic mass is 16.7. The number of methoxy groups -OCH3 is 1. The van der Waals surface area contributed by atoms with E-state index in [9.17, 15) is 0 Å². The van der Waals surface area contributed by atoms with Gasteiger partial charge in [-0.3, -0.25) is 9.90 Å². The molecule has 4 heteroatoms. The van der Waals surface area contributed by atoms with Crippen LogP contribution < -0.4 is 15.5 Å². The fourth-order valence-electron chi connectivity index (χ4n) is 1.04. The monoisotopic (exact) mass is 182 g/mol. The van der Waals surface area contributed by atoms with Crippen LogP contribution in [-0.2, 0) is 4.84 Å². The highest BCUT2D eigenvalue weighted by Crippen LogP contribution is 2.26. The van der Waals surface area contributed by atoms with Gasteiger partial charge in [0.1, 0.15) is 5.75 Å². The maximum atomic E-state index is 5.77. The zero-order valence-electron chi connectivity index (χ0n) is 8.07. The van der Waals surface area contributed by atoms with E-state index in [1.54, 1.807) is 32.4 Å². The third kappa shape index (κ3) is 2.03. The molecule has 0 aliphatic rings. The first kappa shape index (κ1) is 9.67. The summed E-state index contributed by atoms with van der Waals surface area (Å²) in [5.74, 6) is 0.741. The van der Waals surface area contributed by atoms with Crippen LogP contribution in [-0.4, -0.2) is 21.3 Å². The maximum absolute atomic E-state index is 5.77. The van der Waals surface area contributed by atoms with Crippen molar-refractivity contribution in [2.75, 3.05) is 32.1 Å². The van der Waals surface area contributed by atoms with Gasteiger partial charge in [-0.05, 0) is 12.1 Å². The number of nitrogens with two attached hydrogens (primary N) is 1. The molecule has 1 aromatic carbocycles. The van der Waals surface area contributed by atoms with Crippen LogP contribution in [0.15, 0.2) is 18.2 Å². The predicted molar refractivity (Wildman–Crippen MR) is 52.8 cm³/mol. The summed E-state index contributed by atoms with van der Waals surface area (Å²) in [7, 11) is 4.98. The van der Waals surface area contributed by atoms with Crippen LogP contribution in [0.5, 0.6) is 5.75 Å². The smallest absolute Gasteiger partial charge is 0.121 e. The number of hydrogen-bond acceptors (Lipinski definition) is 4. The van der Waals surface area contributed by atoms with Gasteiger partial charge >= 0.3 is 0 Å². The highest BCUT2D eigenvalue weighted by molar-refractivity contribution is 5.68. The second-order valence-corrected chi connectivity index (χ2v) is 2.60. The standard InChI is InChI=1S/C9H14N2O2/c1-11(13-3)9-5-4-7(12-2)6-8(9)10/h4-6H,10H2,1-3H3. The van der Waals surface area contributed by atoms with Crippen LogP contribution in [0.2, 0.25) is 0 Å². The molecule has 1 rings (SSSR count). The topological polar surface area (TPSA) is 47.7 Å². The number of benzene rings is 1. The van der Waals surface area contributed by atoms with E-state index in [1.807, 2.05) is 12.1 Å². The molecule has 2 N–H and O–H groups in total. The summed E-state index contributed by atoms with van der Waals surface area (Å²) in [4.78, 5) is 5.00. The first-order valence-corrected chi connectivity index (χ1v) is 3.90. The Morgan fingerprint density at radius 2 is 2.00 bits per heavy atom. The van der Waals surface area contributed by atoms with Crippen LogP contribution in [0.1, 0.15) is 0 Å². The molecule has 4 nitrogen and oxygen atoms in total. The summed E-state index contributed by atoms with van der Waals surface area (Å²) in [5, 5.41) is 1.59. The molecule has 0 unspecified atom stereocenters. The fourth-order valence-corrected chi connectivity index (χ4v) is 1.04. The van der Waals surface area contributed by atoms with Gasteiger partial charge in [0.15, 0.2) is 0 Å². The number of hydrogen-bond donors (Lipinski definition) is 1. The average Bonchev–Trinajstić information content (AvgIpc) is 2.16. The van der Waals surface area contributed by atoms with E-state index < -0.39 is 0 Å². The largest absolute Gasteiger partial charge is 0.497 e. The van der Waals surface area contributed by atoms with Gasteiger partial charge in [-0.1, -0.05) is 0 Å². The Hall–Kier alpha value is -1.42. The second kappa shape index (κ2) is 4.00. The normalized spacial score (nSPS) is 9.77. The van der Waals surface area contributed by atoms with Crippen LogP contribution in [0.25, 0.3) is 0 Å². The average molecular weight is 182 g/mol. The van der Waals surface area contributed by atoms with Crippen molar-refractivity contribution in [2.24, 2.45) is 0 Å². The first-order chi connectivity index (χ1) is 6.19. The lowest BCUT2D eigenvalue weighted by atomic mass is 10.2. The second-order valence-electron chi connectivity index (χ2n) is 2.60. The number of anilines is 2. The summed E-state index contributed by atoms with van der Waals surface area (Å²) in [6.45, 7) is 0. The van der Waals surface area contributed by atoms with E-state index >= 15 is 0 Å². The van der Waals surface area contributed by atoms with E-state index in [1.165, 1.54) is 0 Å². The Morgan fingerprint density at radius 1 is 1.31 bits per heavy atom. The van der Waals surface area contributed by atoms with Gasteiger partial charge in [0.25, 0.3) is 0 Å². The zero-order valence-corrected chi connectivity index (χ0v) is 8.07. The molecule has 0 heterocycles. The minimum absolute atomic E-state index is 0.628. The number of rotatable bonds is 3. The summed E-state index contributed by atoms with van der Waals surface area (Å²) in [6, 6.07) is 5.43. The van der Waals surface area contributed by atoms with Crippen LogP contribution in [0, 0.1) is 0 Å². The van der Waals surface area contributed by atoms with Crippen molar-refractivity contribution in [1.82, 2.24) is 0 Å². The molecule has 0 aliphatic heterocycles. The van der Waals surface area contributed by atoms with Gasteiger partial charge in [-0.25, -0.2) is 0 Å². The molecule has 0 fully saturated rings. The molecule has 13 heavy (non-hydrogen) atoms. The van der Waals surface area contributed by atoms with Crippen LogP contribution in [0.3, 0.4) is 0 Å². The molecule has 0 aliphatic carbocycles. The van der Waals surface area contributed by atoms with Crippen molar-refractivity contribution in [2.45, 2.75) is 0 Å². The molecule has 1 aromatic rings. The molecule has 0 aromatic heterocycles. The maximum Gasteiger partial charge on any atom is 0.121 e. The van der Waals surface area contributed by atoms with E-state index in [-0.39, 0.29) is 0 Å². The Kier molecular flexibility index (Phi) is 2.97. The van der Waals surface area contributed by atoms with Gasteiger partial charge < -0.3 is 10.5 Å². The third-order valence-electron chi connectivity index (χ3n) is 1.85. The van der Waals surface area contributed by atoms with Crippen LogP contribution in [0.4, 0.5) is 11.4 Å². The number of ether oxygens (including phenoxy) is 1. The van der Waals surface area contributed by atoms with Crippen molar-refractivity contribution in [3.63, 3.8) is 0 Å². The number of hydroxylamine groups is 1. The number of nitrogens with zero attached hydrogens (tertiary/aromatic N) is 1. The molecular formula is C9H14N2O2. The molecular weight excluding hydrogens is 168 g/mol. The Morgan fingerprint density at radius 3 is 2.46 bits per heavy atom. The van der Waals surface area contributed by atoms with Crippen molar-refractivity contribution in [1.29, 1.82) is 0 Å². The van der Waals surface area contributed by atoms with Gasteiger partial charge in [0, 0.05) is 13.1 Å². The van der Waals surface area contributed by atoms with E-state index in [0.29, 0.717) is 5.69 Å². The quantitative estimate of drug-likeness (QED) is 0.565. The Balaban J connectivity index is 2.98. The van der Waals surface area contributed by atoms with Crippen molar-refractivity contribution in [3.05, 3.63) is 18.2 Å². The Labute approximate surface area is 77.8 Å². The molecule has 0 amide bonds. The van der Waals surface area contributed by atoms with Crippen LogP contribution >= 0.6 is 0 Å². The molecule has 0 atom stereocenters. The number of nitrogen functional groups attached to an aromatic ring is 1. The molecule has 0 spiro atoms. The van der Waals surface area contributed by atoms with Gasteiger partial charge in [0.05, 0.1) is 25.6 Å². The van der Waals surface area contributed by atoms with Crippen molar-refractivity contribution < 1.29 is 9.57 Å². The summed E-state index contributed by atoms with van der Waals surface area (Å²) >= 11 is 0. The third-order valence-corrected chi connectivity index (χ3v) is 1.85. The van der Waals surface area contributed by atoms with E-state index in [0.717, 1.165) is 11.4 Å².